The maximum absolute atomic E-state index is 12.7. The van der Waals surface area contributed by atoms with Crippen molar-refractivity contribution in [3.8, 4) is 0 Å². The monoisotopic (exact) mass is 314 g/mol. The van der Waals surface area contributed by atoms with Crippen LogP contribution in [-0.2, 0) is 10.0 Å². The predicted molar refractivity (Wildman–Crippen MR) is 88.7 cm³/mol. The van der Waals surface area contributed by atoms with Gasteiger partial charge in [-0.25, -0.2) is 8.42 Å². The van der Waals surface area contributed by atoms with Crippen molar-refractivity contribution in [2.45, 2.75) is 18.2 Å². The number of hydrogen-bond donors (Lipinski definition) is 0. The van der Waals surface area contributed by atoms with Gasteiger partial charge in [0.2, 0.25) is 10.0 Å². The van der Waals surface area contributed by atoms with Crippen molar-refractivity contribution in [3.05, 3.63) is 72.2 Å². The molecule has 4 heteroatoms. The molecule has 1 aromatic carbocycles. The minimum Gasteiger partial charge on any atom is -0.207 e. The second-order valence-electron chi connectivity index (χ2n) is 5.96. The second kappa shape index (κ2) is 5.86. The van der Waals surface area contributed by atoms with E-state index in [0.717, 1.165) is 17.6 Å². The predicted octanol–water partition coefficient (Wildman–Crippen LogP) is 3.26. The Morgan fingerprint density at radius 1 is 1.27 bits per heavy atom. The van der Waals surface area contributed by atoms with E-state index < -0.39 is 10.0 Å². The Kier molecular flexibility index (Phi) is 4.06. The molecular weight excluding hydrogens is 294 g/mol. The van der Waals surface area contributed by atoms with Gasteiger partial charge < -0.3 is 0 Å². The largest absolute Gasteiger partial charge is 0.243 e. The number of nitrogens with zero attached hydrogens (tertiary/aromatic N) is 1. The van der Waals surface area contributed by atoms with E-state index in [0.29, 0.717) is 18.0 Å². The van der Waals surface area contributed by atoms with E-state index in [1.165, 1.54) is 5.57 Å². The number of sulfonamides is 1. The standard InChI is InChI=1S/C18H20NO2S/c1-14-7-9-18(10-8-14)22(20,21)19-12-15(2)17(13-19)11-16-5-3-4-6-16/h3-10,17H,2,11-13H2,1H3. The molecule has 0 bridgehead atoms. The average molecular weight is 314 g/mol. The Labute approximate surface area is 132 Å². The van der Waals surface area contributed by atoms with Gasteiger partial charge in [-0.1, -0.05) is 53.6 Å². The number of rotatable bonds is 4. The van der Waals surface area contributed by atoms with Crippen LogP contribution in [-0.4, -0.2) is 25.8 Å². The number of hydrogen-bond acceptors (Lipinski definition) is 2. The lowest BCUT2D eigenvalue weighted by molar-refractivity contribution is 0.456. The highest BCUT2D eigenvalue weighted by Gasteiger charge is 2.34. The van der Waals surface area contributed by atoms with Crippen LogP contribution in [0.1, 0.15) is 12.0 Å². The van der Waals surface area contributed by atoms with Gasteiger partial charge in [-0.15, -0.1) is 0 Å². The molecule has 1 fully saturated rings. The molecule has 22 heavy (non-hydrogen) atoms. The van der Waals surface area contributed by atoms with Gasteiger partial charge in [0.05, 0.1) is 4.90 Å². The molecule has 0 spiro atoms. The molecule has 0 aromatic heterocycles. The summed E-state index contributed by atoms with van der Waals surface area (Å²) < 4.78 is 27.0. The first-order valence-corrected chi connectivity index (χ1v) is 8.86. The fourth-order valence-corrected chi connectivity index (χ4v) is 4.37. The minimum absolute atomic E-state index is 0.197. The number of aryl methyl sites for hydroxylation is 1. The molecular formula is C18H20NO2S. The zero-order valence-corrected chi connectivity index (χ0v) is 13.5. The van der Waals surface area contributed by atoms with Crippen LogP contribution in [0.25, 0.3) is 0 Å². The van der Waals surface area contributed by atoms with Gasteiger partial charge in [0.1, 0.15) is 0 Å². The molecule has 3 rings (SSSR count). The van der Waals surface area contributed by atoms with Crippen molar-refractivity contribution in [2.75, 3.05) is 13.1 Å². The Morgan fingerprint density at radius 3 is 2.64 bits per heavy atom. The minimum atomic E-state index is -3.43. The molecule has 1 radical (unpaired) electrons. The first-order valence-electron chi connectivity index (χ1n) is 7.42. The number of allylic oxidation sites excluding steroid dienone is 4. The molecule has 0 N–H and O–H groups in total. The molecule has 2 aliphatic rings. The van der Waals surface area contributed by atoms with Crippen molar-refractivity contribution >= 4 is 10.0 Å². The summed E-state index contributed by atoms with van der Waals surface area (Å²) in [6, 6.07) is 7.02. The lowest BCUT2D eigenvalue weighted by Gasteiger charge is -2.16. The Hall–Kier alpha value is -1.65. The Balaban J connectivity index is 1.76. The number of benzene rings is 1. The summed E-state index contributed by atoms with van der Waals surface area (Å²) in [4.78, 5) is 0.361. The molecule has 1 aliphatic carbocycles. The van der Waals surface area contributed by atoms with E-state index in [1.807, 2.05) is 31.6 Å². The van der Waals surface area contributed by atoms with Crippen LogP contribution < -0.4 is 0 Å². The second-order valence-corrected chi connectivity index (χ2v) is 7.90. The highest BCUT2D eigenvalue weighted by Crippen LogP contribution is 2.32. The SMILES string of the molecule is C=C1CN(S(=O)(=O)c2ccc(C)cc2)CC1CC1=C[CH]C=C1. The highest BCUT2D eigenvalue weighted by atomic mass is 32.2. The fraction of sp³-hybridized carbons (Fsp3) is 0.278. The van der Waals surface area contributed by atoms with Gasteiger partial charge >= 0.3 is 0 Å². The molecule has 1 saturated heterocycles. The smallest absolute Gasteiger partial charge is 0.207 e. The maximum Gasteiger partial charge on any atom is 0.243 e. The van der Waals surface area contributed by atoms with Gasteiger partial charge in [0.15, 0.2) is 0 Å². The van der Waals surface area contributed by atoms with Gasteiger partial charge in [-0.3, -0.25) is 0 Å². The quantitative estimate of drug-likeness (QED) is 0.800. The third-order valence-corrected chi connectivity index (χ3v) is 6.08. The summed E-state index contributed by atoms with van der Waals surface area (Å²) in [6.45, 7) is 6.96. The van der Waals surface area contributed by atoms with Crippen molar-refractivity contribution in [1.82, 2.24) is 4.31 Å². The van der Waals surface area contributed by atoms with Crippen LogP contribution >= 0.6 is 0 Å². The molecule has 0 amide bonds. The van der Waals surface area contributed by atoms with Crippen molar-refractivity contribution < 1.29 is 8.42 Å². The van der Waals surface area contributed by atoms with Crippen LogP contribution in [0, 0.1) is 19.3 Å². The highest BCUT2D eigenvalue weighted by molar-refractivity contribution is 7.89. The van der Waals surface area contributed by atoms with E-state index in [-0.39, 0.29) is 5.92 Å². The molecule has 1 aliphatic heterocycles. The van der Waals surface area contributed by atoms with Crippen LogP contribution in [0.4, 0.5) is 0 Å². The van der Waals surface area contributed by atoms with Crippen molar-refractivity contribution in [2.24, 2.45) is 5.92 Å². The topological polar surface area (TPSA) is 37.4 Å². The van der Waals surface area contributed by atoms with Crippen LogP contribution in [0.5, 0.6) is 0 Å². The first kappa shape index (κ1) is 15.3. The normalized spacial score (nSPS) is 22.3. The van der Waals surface area contributed by atoms with E-state index in [2.05, 4.69) is 18.7 Å². The maximum atomic E-state index is 12.7. The molecule has 1 unspecified atom stereocenters. The zero-order valence-electron chi connectivity index (χ0n) is 12.7. The third kappa shape index (κ3) is 2.94. The summed E-state index contributed by atoms with van der Waals surface area (Å²) in [5.74, 6) is 0.197. The van der Waals surface area contributed by atoms with Crippen LogP contribution in [0.3, 0.4) is 0 Å². The van der Waals surface area contributed by atoms with Crippen molar-refractivity contribution in [3.63, 3.8) is 0 Å². The van der Waals surface area contributed by atoms with Gasteiger partial charge in [-0.2, -0.15) is 4.31 Å². The van der Waals surface area contributed by atoms with Gasteiger partial charge in [0, 0.05) is 19.5 Å². The summed E-state index contributed by atoms with van der Waals surface area (Å²) in [7, 11) is -3.43. The molecule has 1 atom stereocenters. The van der Waals surface area contributed by atoms with Gasteiger partial charge in [0.25, 0.3) is 0 Å². The lowest BCUT2D eigenvalue weighted by atomic mass is 9.96. The summed E-state index contributed by atoms with van der Waals surface area (Å²) in [5.41, 5.74) is 3.29. The third-order valence-electron chi connectivity index (χ3n) is 4.25. The van der Waals surface area contributed by atoms with Crippen LogP contribution in [0.2, 0.25) is 0 Å². The molecule has 3 nitrogen and oxygen atoms in total. The summed E-state index contributed by atoms with van der Waals surface area (Å²) in [5, 5.41) is 0. The lowest BCUT2D eigenvalue weighted by Crippen LogP contribution is -2.29. The summed E-state index contributed by atoms with van der Waals surface area (Å²) >= 11 is 0. The van der Waals surface area contributed by atoms with Gasteiger partial charge in [-0.05, 0) is 31.4 Å². The van der Waals surface area contributed by atoms with E-state index >= 15 is 0 Å². The van der Waals surface area contributed by atoms with E-state index in [1.54, 1.807) is 16.4 Å². The average Bonchev–Trinajstić information content (AvgIpc) is 3.11. The molecule has 0 saturated carbocycles. The molecule has 1 heterocycles. The van der Waals surface area contributed by atoms with E-state index in [4.69, 9.17) is 0 Å². The van der Waals surface area contributed by atoms with Crippen molar-refractivity contribution in [1.29, 1.82) is 0 Å². The first-order chi connectivity index (χ1) is 10.5. The molecule has 115 valence electrons. The fourth-order valence-electron chi connectivity index (χ4n) is 2.88. The Bertz CT molecular complexity index is 742. The van der Waals surface area contributed by atoms with E-state index in [9.17, 15) is 8.42 Å². The molecule has 1 aromatic rings. The summed E-state index contributed by atoms with van der Waals surface area (Å²) in [6.07, 6.45) is 9.02. The van der Waals surface area contributed by atoms with Crippen LogP contribution in [0.15, 0.2) is 65.1 Å². The Morgan fingerprint density at radius 2 is 2.00 bits per heavy atom. The zero-order chi connectivity index (χ0) is 15.7.